The first-order chi connectivity index (χ1) is 10.0. The minimum atomic E-state index is -1.18. The van der Waals surface area contributed by atoms with Crippen molar-refractivity contribution < 1.29 is 19.6 Å². The zero-order chi connectivity index (χ0) is 15.5. The van der Waals surface area contributed by atoms with Crippen molar-refractivity contribution in [2.45, 2.75) is 25.3 Å². The summed E-state index contributed by atoms with van der Waals surface area (Å²) >= 11 is 0. The molecule has 7 heteroatoms. The van der Waals surface area contributed by atoms with Crippen LogP contribution in [0.1, 0.15) is 19.8 Å². The van der Waals surface area contributed by atoms with Crippen molar-refractivity contribution in [2.24, 2.45) is 5.92 Å². The van der Waals surface area contributed by atoms with Gasteiger partial charge in [0.2, 0.25) is 0 Å². The number of nitro benzene ring substituents is 1. The van der Waals surface area contributed by atoms with E-state index < -0.39 is 16.4 Å². The van der Waals surface area contributed by atoms with Crippen LogP contribution in [0.2, 0.25) is 0 Å². The number of nitrogens with one attached hydrogen (secondary N) is 1. The number of para-hydroxylation sites is 2. The lowest BCUT2D eigenvalue weighted by Crippen LogP contribution is -2.58. The number of hydrogen-bond acceptors (Lipinski definition) is 5. The van der Waals surface area contributed by atoms with Gasteiger partial charge < -0.3 is 9.84 Å². The molecule has 0 amide bonds. The first-order valence-corrected chi connectivity index (χ1v) is 6.86. The summed E-state index contributed by atoms with van der Waals surface area (Å²) in [4.78, 5) is 22.1. The molecule has 0 aliphatic heterocycles. The number of aliphatic carboxylic acids is 1. The fourth-order valence-electron chi connectivity index (χ4n) is 2.44. The molecule has 1 atom stereocenters. The molecule has 1 aromatic carbocycles. The van der Waals surface area contributed by atoms with Crippen LogP contribution in [0.3, 0.4) is 0 Å². The average molecular weight is 294 g/mol. The third kappa shape index (κ3) is 3.13. The Morgan fingerprint density at radius 3 is 2.71 bits per heavy atom. The first-order valence-electron chi connectivity index (χ1n) is 6.86. The maximum Gasteiger partial charge on any atom is 0.327 e. The number of benzene rings is 1. The van der Waals surface area contributed by atoms with Gasteiger partial charge in [0.05, 0.1) is 4.92 Å². The summed E-state index contributed by atoms with van der Waals surface area (Å²) in [7, 11) is 0. The van der Waals surface area contributed by atoms with E-state index in [9.17, 15) is 20.0 Å². The number of carboxylic acid groups (broad SMARTS) is 1. The number of nitro groups is 1. The van der Waals surface area contributed by atoms with Crippen molar-refractivity contribution in [3.8, 4) is 5.75 Å². The molecule has 114 valence electrons. The van der Waals surface area contributed by atoms with Gasteiger partial charge >= 0.3 is 11.7 Å². The molecule has 1 saturated carbocycles. The number of likely N-dealkylation sites (N-methyl/N-ethyl adjacent to an activating group) is 1. The maximum absolute atomic E-state index is 11.7. The summed E-state index contributed by atoms with van der Waals surface area (Å²) in [5.41, 5.74) is -1.34. The van der Waals surface area contributed by atoms with Crippen molar-refractivity contribution in [1.29, 1.82) is 0 Å². The monoisotopic (exact) mass is 294 g/mol. The quantitative estimate of drug-likeness (QED) is 0.560. The highest BCUT2D eigenvalue weighted by Gasteiger charge is 2.51. The van der Waals surface area contributed by atoms with Crippen molar-refractivity contribution in [1.82, 2.24) is 5.32 Å². The molecule has 7 nitrogen and oxygen atoms in total. The van der Waals surface area contributed by atoms with Crippen molar-refractivity contribution >= 4 is 11.7 Å². The lowest BCUT2D eigenvalue weighted by molar-refractivity contribution is -0.385. The second kappa shape index (κ2) is 6.09. The Morgan fingerprint density at radius 1 is 1.52 bits per heavy atom. The van der Waals surface area contributed by atoms with Gasteiger partial charge in [0, 0.05) is 6.07 Å². The Labute approximate surface area is 122 Å². The van der Waals surface area contributed by atoms with Crippen LogP contribution in [0.5, 0.6) is 5.75 Å². The molecule has 0 spiro atoms. The van der Waals surface area contributed by atoms with Crippen LogP contribution in [0, 0.1) is 16.0 Å². The van der Waals surface area contributed by atoms with Crippen LogP contribution in [0.4, 0.5) is 5.69 Å². The van der Waals surface area contributed by atoms with Gasteiger partial charge in [0.25, 0.3) is 0 Å². The molecule has 1 aromatic rings. The van der Waals surface area contributed by atoms with Crippen LogP contribution in [-0.2, 0) is 4.79 Å². The molecule has 2 N–H and O–H groups in total. The second-order valence-electron chi connectivity index (χ2n) is 5.09. The predicted molar refractivity (Wildman–Crippen MR) is 75.4 cm³/mol. The van der Waals surface area contributed by atoms with Crippen LogP contribution >= 0.6 is 0 Å². The van der Waals surface area contributed by atoms with Crippen molar-refractivity contribution in [3.63, 3.8) is 0 Å². The zero-order valence-electron chi connectivity index (χ0n) is 11.7. The fraction of sp³-hybridized carbons (Fsp3) is 0.500. The molecule has 0 radical (unpaired) electrons. The number of carbonyl (C=O) groups is 1. The molecular weight excluding hydrogens is 276 g/mol. The van der Waals surface area contributed by atoms with E-state index in [2.05, 4.69) is 5.32 Å². The maximum atomic E-state index is 11.7. The predicted octanol–water partition coefficient (Wildman–Crippen LogP) is 1.82. The molecule has 0 saturated heterocycles. The molecule has 0 aromatic heterocycles. The molecule has 1 aliphatic rings. The van der Waals surface area contributed by atoms with E-state index in [-0.39, 0.29) is 24.0 Å². The van der Waals surface area contributed by atoms with Gasteiger partial charge in [-0.25, -0.2) is 0 Å². The molecule has 1 fully saturated rings. The summed E-state index contributed by atoms with van der Waals surface area (Å²) in [6, 6.07) is 5.97. The van der Waals surface area contributed by atoms with Gasteiger partial charge in [-0.15, -0.1) is 0 Å². The van der Waals surface area contributed by atoms with Gasteiger partial charge in [-0.3, -0.25) is 20.2 Å². The van der Waals surface area contributed by atoms with E-state index in [0.717, 1.165) is 12.8 Å². The Kier molecular flexibility index (Phi) is 4.42. The lowest BCUT2D eigenvalue weighted by atomic mass is 9.94. The SMILES string of the molecule is CCNC(COc1ccccc1[N+](=O)[O-])(C(=O)O)C1CC1. The Bertz CT molecular complexity index is 544. The topological polar surface area (TPSA) is 102 Å². The average Bonchev–Trinajstić information content (AvgIpc) is 3.28. The van der Waals surface area contributed by atoms with Gasteiger partial charge in [-0.05, 0) is 31.4 Å². The number of rotatable bonds is 8. The van der Waals surface area contributed by atoms with E-state index in [1.54, 1.807) is 12.1 Å². The molecule has 0 bridgehead atoms. The Hall–Kier alpha value is -2.15. The third-order valence-corrected chi connectivity index (χ3v) is 3.67. The third-order valence-electron chi connectivity index (χ3n) is 3.67. The molecule has 2 rings (SSSR count). The number of carboxylic acids is 1. The van der Waals surface area contributed by atoms with E-state index in [1.807, 2.05) is 6.92 Å². The molecule has 1 unspecified atom stereocenters. The lowest BCUT2D eigenvalue weighted by Gasteiger charge is -2.30. The Balaban J connectivity index is 2.19. The summed E-state index contributed by atoms with van der Waals surface area (Å²) in [6.07, 6.45) is 1.64. The zero-order valence-corrected chi connectivity index (χ0v) is 11.7. The summed E-state index contributed by atoms with van der Waals surface area (Å²) < 4.78 is 5.49. The largest absolute Gasteiger partial charge is 0.484 e. The van der Waals surface area contributed by atoms with Gasteiger partial charge in [-0.2, -0.15) is 0 Å². The standard InChI is InChI=1S/C14H18N2O5/c1-2-15-14(13(17)18,10-7-8-10)9-21-12-6-4-3-5-11(12)16(19)20/h3-6,10,15H,2,7-9H2,1H3,(H,17,18). The van der Waals surface area contributed by atoms with E-state index >= 15 is 0 Å². The Morgan fingerprint density at radius 2 is 2.19 bits per heavy atom. The molecule has 1 aliphatic carbocycles. The number of ether oxygens (including phenoxy) is 1. The molecule has 0 heterocycles. The highest BCUT2D eigenvalue weighted by atomic mass is 16.6. The van der Waals surface area contributed by atoms with Crippen LogP contribution in [-0.4, -0.2) is 34.7 Å². The van der Waals surface area contributed by atoms with Crippen LogP contribution < -0.4 is 10.1 Å². The highest BCUT2D eigenvalue weighted by molar-refractivity contribution is 5.80. The number of nitrogens with zero attached hydrogens (tertiary/aromatic N) is 1. The van der Waals surface area contributed by atoms with Crippen LogP contribution in [0.15, 0.2) is 24.3 Å². The van der Waals surface area contributed by atoms with E-state index in [4.69, 9.17) is 4.74 Å². The van der Waals surface area contributed by atoms with E-state index in [0.29, 0.717) is 6.54 Å². The summed E-state index contributed by atoms with van der Waals surface area (Å²) in [5.74, 6) is -0.894. The smallest absolute Gasteiger partial charge is 0.327 e. The summed E-state index contributed by atoms with van der Waals surface area (Å²) in [6.45, 7) is 2.18. The highest BCUT2D eigenvalue weighted by Crippen LogP contribution is 2.40. The summed E-state index contributed by atoms with van der Waals surface area (Å²) in [5, 5.41) is 23.5. The van der Waals surface area contributed by atoms with Crippen LogP contribution in [0.25, 0.3) is 0 Å². The van der Waals surface area contributed by atoms with Crippen molar-refractivity contribution in [2.75, 3.05) is 13.2 Å². The van der Waals surface area contributed by atoms with Gasteiger partial charge in [0.1, 0.15) is 6.61 Å². The van der Waals surface area contributed by atoms with Gasteiger partial charge in [0.15, 0.2) is 11.3 Å². The normalized spacial score (nSPS) is 17.0. The fourth-order valence-corrected chi connectivity index (χ4v) is 2.44. The number of hydrogen-bond donors (Lipinski definition) is 2. The second-order valence-corrected chi connectivity index (χ2v) is 5.09. The molecule has 21 heavy (non-hydrogen) atoms. The van der Waals surface area contributed by atoms with E-state index in [1.165, 1.54) is 12.1 Å². The minimum absolute atomic E-state index is 0.00211. The molecular formula is C14H18N2O5. The van der Waals surface area contributed by atoms with Crippen molar-refractivity contribution in [3.05, 3.63) is 34.4 Å². The van der Waals surface area contributed by atoms with Gasteiger partial charge in [-0.1, -0.05) is 19.1 Å². The minimum Gasteiger partial charge on any atom is -0.484 e. The first kappa shape index (κ1) is 15.2.